The second kappa shape index (κ2) is 11.5. The lowest BCUT2D eigenvalue weighted by Crippen LogP contribution is -2.25. The summed E-state index contributed by atoms with van der Waals surface area (Å²) in [6.07, 6.45) is 3.20. The minimum Gasteiger partial charge on any atom is -0.397 e. The highest BCUT2D eigenvalue weighted by Gasteiger charge is 2.11. The maximum atomic E-state index is 11.8. The lowest BCUT2D eigenvalue weighted by molar-refractivity contribution is 0.0953. The molecule has 118 valence electrons. The molecule has 4 nitrogen and oxygen atoms in total. The summed E-state index contributed by atoms with van der Waals surface area (Å²) < 4.78 is 11.3. The molecule has 0 heterocycles. The Morgan fingerprint density at radius 1 is 1.05 bits per heavy atom. The lowest BCUT2D eigenvalue weighted by atomic mass is 10.2. The van der Waals surface area contributed by atoms with Crippen LogP contribution in [-0.2, 0) is 8.85 Å². The number of hydrogen-bond acceptors (Lipinski definition) is 3. The van der Waals surface area contributed by atoms with E-state index in [0.717, 1.165) is 50.6 Å². The highest BCUT2D eigenvalue weighted by molar-refractivity contribution is 6.44. The van der Waals surface area contributed by atoms with Crippen molar-refractivity contribution in [3.05, 3.63) is 35.9 Å². The largest absolute Gasteiger partial charge is 0.397 e. The van der Waals surface area contributed by atoms with Crippen LogP contribution < -0.4 is 5.32 Å². The Bertz CT molecular complexity index is 380. The molecule has 1 amide bonds. The minimum atomic E-state index is -1.44. The molecule has 0 aliphatic heterocycles. The van der Waals surface area contributed by atoms with Crippen molar-refractivity contribution in [2.24, 2.45) is 0 Å². The summed E-state index contributed by atoms with van der Waals surface area (Å²) in [5.74, 6) is 0.00600. The SMILES string of the molecule is CCO[SiH](CCCCCNC(=O)c1ccccc1)OCC. The van der Waals surface area contributed by atoms with Gasteiger partial charge in [-0.3, -0.25) is 4.79 Å². The van der Waals surface area contributed by atoms with Gasteiger partial charge in [0.1, 0.15) is 0 Å². The summed E-state index contributed by atoms with van der Waals surface area (Å²) in [4.78, 5) is 11.8. The summed E-state index contributed by atoms with van der Waals surface area (Å²) in [5.41, 5.74) is 0.720. The normalized spacial score (nSPS) is 10.8. The number of nitrogens with one attached hydrogen (secondary N) is 1. The molecule has 0 fully saturated rings. The lowest BCUT2D eigenvalue weighted by Gasteiger charge is -2.14. The standard InChI is InChI=1S/C16H27NO3Si/c1-3-19-21(20-4-2)14-10-6-9-13-17-16(18)15-11-7-5-8-12-15/h5,7-8,11-12,21H,3-4,6,9-10,13-14H2,1-2H3,(H,17,18). The number of carbonyl (C=O) groups excluding carboxylic acids is 1. The Morgan fingerprint density at radius 3 is 2.33 bits per heavy atom. The topological polar surface area (TPSA) is 47.6 Å². The smallest absolute Gasteiger partial charge is 0.321 e. The van der Waals surface area contributed by atoms with Crippen molar-refractivity contribution in [3.8, 4) is 0 Å². The van der Waals surface area contributed by atoms with Gasteiger partial charge in [0.2, 0.25) is 0 Å². The predicted octanol–water partition coefficient (Wildman–Crippen LogP) is 2.88. The third-order valence-corrected chi connectivity index (χ3v) is 5.43. The quantitative estimate of drug-likeness (QED) is 0.505. The molecule has 0 aromatic heterocycles. The fraction of sp³-hybridized carbons (Fsp3) is 0.562. The van der Waals surface area contributed by atoms with Gasteiger partial charge in [-0.1, -0.05) is 31.0 Å². The van der Waals surface area contributed by atoms with Gasteiger partial charge in [0, 0.05) is 25.3 Å². The second-order valence-electron chi connectivity index (χ2n) is 4.81. The molecule has 1 rings (SSSR count). The maximum absolute atomic E-state index is 11.8. The van der Waals surface area contributed by atoms with E-state index < -0.39 is 9.28 Å². The van der Waals surface area contributed by atoms with E-state index in [-0.39, 0.29) is 5.91 Å². The van der Waals surface area contributed by atoms with Crippen LogP contribution in [0.1, 0.15) is 43.5 Å². The zero-order valence-electron chi connectivity index (χ0n) is 13.1. The second-order valence-corrected chi connectivity index (χ2v) is 6.91. The van der Waals surface area contributed by atoms with E-state index in [1.54, 1.807) is 0 Å². The Labute approximate surface area is 129 Å². The number of benzene rings is 1. The van der Waals surface area contributed by atoms with E-state index in [1.165, 1.54) is 0 Å². The Kier molecular flexibility index (Phi) is 9.78. The highest BCUT2D eigenvalue weighted by atomic mass is 28.3. The van der Waals surface area contributed by atoms with E-state index in [4.69, 9.17) is 8.85 Å². The summed E-state index contributed by atoms with van der Waals surface area (Å²) >= 11 is 0. The van der Waals surface area contributed by atoms with Crippen molar-refractivity contribution in [1.29, 1.82) is 0 Å². The molecule has 0 saturated heterocycles. The van der Waals surface area contributed by atoms with E-state index in [2.05, 4.69) is 5.32 Å². The van der Waals surface area contributed by atoms with Gasteiger partial charge in [0.25, 0.3) is 5.91 Å². The molecule has 0 spiro atoms. The van der Waals surface area contributed by atoms with Gasteiger partial charge in [-0.05, 0) is 38.4 Å². The molecular weight excluding hydrogens is 282 g/mol. The Morgan fingerprint density at radius 2 is 1.71 bits per heavy atom. The number of rotatable bonds is 11. The van der Waals surface area contributed by atoms with Crippen LogP contribution >= 0.6 is 0 Å². The first kappa shape index (κ1) is 17.9. The molecule has 5 heteroatoms. The first-order valence-corrected chi connectivity index (χ1v) is 9.60. The third kappa shape index (κ3) is 7.99. The molecule has 0 unspecified atom stereocenters. The molecule has 0 aliphatic carbocycles. The van der Waals surface area contributed by atoms with Gasteiger partial charge in [-0.15, -0.1) is 0 Å². The van der Waals surface area contributed by atoms with Crippen LogP contribution in [0.5, 0.6) is 0 Å². The van der Waals surface area contributed by atoms with Crippen LogP contribution in [0.4, 0.5) is 0 Å². The van der Waals surface area contributed by atoms with Crippen LogP contribution in [0.2, 0.25) is 6.04 Å². The monoisotopic (exact) mass is 309 g/mol. The fourth-order valence-corrected chi connectivity index (χ4v) is 3.89. The number of carbonyl (C=O) groups is 1. The first-order chi connectivity index (χ1) is 10.3. The number of hydrogen-bond donors (Lipinski definition) is 1. The molecule has 0 radical (unpaired) electrons. The average molecular weight is 309 g/mol. The van der Waals surface area contributed by atoms with E-state index in [9.17, 15) is 4.79 Å². The van der Waals surface area contributed by atoms with E-state index in [0.29, 0.717) is 0 Å². The van der Waals surface area contributed by atoms with Crippen molar-refractivity contribution in [1.82, 2.24) is 5.32 Å². The summed E-state index contributed by atoms with van der Waals surface area (Å²) in [6.45, 7) is 6.23. The molecule has 0 atom stereocenters. The molecular formula is C16H27NO3Si. The zero-order valence-corrected chi connectivity index (χ0v) is 14.3. The highest BCUT2D eigenvalue weighted by Crippen LogP contribution is 2.06. The van der Waals surface area contributed by atoms with Crippen LogP contribution in [0, 0.1) is 0 Å². The molecule has 1 aromatic rings. The van der Waals surface area contributed by atoms with Crippen LogP contribution in [0.25, 0.3) is 0 Å². The van der Waals surface area contributed by atoms with E-state index >= 15 is 0 Å². The average Bonchev–Trinajstić information content (AvgIpc) is 2.51. The van der Waals surface area contributed by atoms with Crippen LogP contribution in [0.15, 0.2) is 30.3 Å². The maximum Gasteiger partial charge on any atom is 0.321 e. The first-order valence-electron chi connectivity index (χ1n) is 7.84. The predicted molar refractivity (Wildman–Crippen MR) is 87.8 cm³/mol. The van der Waals surface area contributed by atoms with Gasteiger partial charge >= 0.3 is 9.28 Å². The van der Waals surface area contributed by atoms with Crippen molar-refractivity contribution >= 4 is 15.2 Å². The van der Waals surface area contributed by atoms with Gasteiger partial charge in [-0.25, -0.2) is 0 Å². The zero-order chi connectivity index (χ0) is 15.3. The molecule has 0 aliphatic rings. The minimum absolute atomic E-state index is 0.00600. The van der Waals surface area contributed by atoms with Crippen molar-refractivity contribution < 1.29 is 13.6 Å². The van der Waals surface area contributed by atoms with Crippen LogP contribution in [0.3, 0.4) is 0 Å². The van der Waals surface area contributed by atoms with Crippen molar-refractivity contribution in [2.45, 2.75) is 39.2 Å². The molecule has 1 aromatic carbocycles. The molecule has 1 N–H and O–H groups in total. The fourth-order valence-electron chi connectivity index (χ4n) is 2.09. The summed E-state index contributed by atoms with van der Waals surface area (Å²) in [5, 5.41) is 2.95. The van der Waals surface area contributed by atoms with Gasteiger partial charge < -0.3 is 14.2 Å². The summed E-state index contributed by atoms with van der Waals surface area (Å²) in [7, 11) is -1.44. The third-order valence-electron chi connectivity index (χ3n) is 3.14. The Balaban J connectivity index is 2.07. The van der Waals surface area contributed by atoms with Gasteiger partial charge in [0.05, 0.1) is 0 Å². The van der Waals surface area contributed by atoms with Gasteiger partial charge in [-0.2, -0.15) is 0 Å². The van der Waals surface area contributed by atoms with Gasteiger partial charge in [0.15, 0.2) is 0 Å². The summed E-state index contributed by atoms with van der Waals surface area (Å²) in [6, 6.07) is 10.4. The molecule has 0 bridgehead atoms. The Hall–Kier alpha value is -1.17. The van der Waals surface area contributed by atoms with E-state index in [1.807, 2.05) is 44.2 Å². The molecule has 21 heavy (non-hydrogen) atoms. The number of amides is 1. The van der Waals surface area contributed by atoms with Crippen LogP contribution in [-0.4, -0.2) is 34.9 Å². The molecule has 0 saturated carbocycles. The van der Waals surface area contributed by atoms with Crippen molar-refractivity contribution in [2.75, 3.05) is 19.8 Å². The van der Waals surface area contributed by atoms with Crippen molar-refractivity contribution in [3.63, 3.8) is 0 Å². The number of unbranched alkanes of at least 4 members (excludes halogenated alkanes) is 2.